The smallest absolute Gasteiger partial charge is 0.252 e. The number of carbonyl (C=O) groups is 2. The summed E-state index contributed by atoms with van der Waals surface area (Å²) in [6.07, 6.45) is 3.44. The summed E-state index contributed by atoms with van der Waals surface area (Å²) in [6, 6.07) is 10.4. The number of halogens is 1. The van der Waals surface area contributed by atoms with Gasteiger partial charge in [-0.2, -0.15) is 5.10 Å². The van der Waals surface area contributed by atoms with Gasteiger partial charge >= 0.3 is 0 Å². The minimum atomic E-state index is -0.940. The van der Waals surface area contributed by atoms with Crippen molar-refractivity contribution in [1.29, 1.82) is 0 Å². The molecule has 0 heterocycles. The molecule has 0 aromatic heterocycles. The first-order valence-corrected chi connectivity index (χ1v) is 11.0. The van der Waals surface area contributed by atoms with E-state index in [0.717, 1.165) is 12.8 Å². The lowest BCUT2D eigenvalue weighted by atomic mass is 10.1. The first kappa shape index (κ1) is 25.2. The van der Waals surface area contributed by atoms with Crippen LogP contribution < -0.4 is 25.0 Å². The fourth-order valence-electron chi connectivity index (χ4n) is 2.58. The standard InChI is InChI=1S/C23H28BrN3O5/c1-5-6-11-32-21-19(24)12-16(13-20(21)31-4)14-25-27-23(29)15(2)22(28)26-17-7-9-18(30-3)10-8-17/h7-10,12-15H,5-6,11H2,1-4H3,(H,26,28)(H,27,29). The summed E-state index contributed by atoms with van der Waals surface area (Å²) < 4.78 is 17.0. The highest BCUT2D eigenvalue weighted by Gasteiger charge is 2.21. The van der Waals surface area contributed by atoms with Crippen molar-refractivity contribution < 1.29 is 23.8 Å². The Hall–Kier alpha value is -3.07. The van der Waals surface area contributed by atoms with Crippen LogP contribution in [0.2, 0.25) is 0 Å². The fraction of sp³-hybridized carbons (Fsp3) is 0.348. The summed E-state index contributed by atoms with van der Waals surface area (Å²) in [5, 5.41) is 6.65. The lowest BCUT2D eigenvalue weighted by molar-refractivity contribution is -0.131. The largest absolute Gasteiger partial charge is 0.497 e. The Labute approximate surface area is 196 Å². The van der Waals surface area contributed by atoms with Crippen LogP contribution in [0.15, 0.2) is 46.0 Å². The highest BCUT2D eigenvalue weighted by molar-refractivity contribution is 9.10. The monoisotopic (exact) mass is 505 g/mol. The number of hydrogen-bond acceptors (Lipinski definition) is 6. The molecule has 2 amide bonds. The molecule has 2 aromatic carbocycles. The molecule has 8 nitrogen and oxygen atoms in total. The van der Waals surface area contributed by atoms with Crippen LogP contribution in [-0.2, 0) is 9.59 Å². The zero-order chi connectivity index (χ0) is 23.5. The molecule has 0 spiro atoms. The Morgan fingerprint density at radius 1 is 1.12 bits per heavy atom. The number of anilines is 1. The van der Waals surface area contributed by atoms with Gasteiger partial charge in [-0.25, -0.2) is 5.43 Å². The van der Waals surface area contributed by atoms with E-state index in [1.54, 1.807) is 50.6 Å². The SMILES string of the molecule is CCCCOc1c(Br)cc(C=NNC(=O)C(C)C(=O)Nc2ccc(OC)cc2)cc1OC. The second-order valence-corrected chi connectivity index (χ2v) is 7.76. The van der Waals surface area contributed by atoms with Crippen molar-refractivity contribution in [3.63, 3.8) is 0 Å². The van der Waals surface area contributed by atoms with Crippen molar-refractivity contribution in [1.82, 2.24) is 5.43 Å². The predicted molar refractivity (Wildman–Crippen MR) is 128 cm³/mol. The van der Waals surface area contributed by atoms with Crippen LogP contribution in [0.4, 0.5) is 5.69 Å². The molecule has 2 N–H and O–H groups in total. The number of hydrogen-bond donors (Lipinski definition) is 2. The lowest BCUT2D eigenvalue weighted by Crippen LogP contribution is -2.34. The van der Waals surface area contributed by atoms with Crippen LogP contribution in [0, 0.1) is 5.92 Å². The van der Waals surface area contributed by atoms with Crippen LogP contribution in [0.5, 0.6) is 17.2 Å². The van der Waals surface area contributed by atoms with Gasteiger partial charge in [-0.3, -0.25) is 9.59 Å². The van der Waals surface area contributed by atoms with Crippen LogP contribution >= 0.6 is 15.9 Å². The molecule has 0 aliphatic rings. The van der Waals surface area contributed by atoms with E-state index in [4.69, 9.17) is 14.2 Å². The molecular weight excluding hydrogens is 478 g/mol. The van der Waals surface area contributed by atoms with E-state index in [0.29, 0.717) is 39.6 Å². The Bertz CT molecular complexity index is 947. The van der Waals surface area contributed by atoms with Gasteiger partial charge in [0.25, 0.3) is 5.91 Å². The number of hydrazone groups is 1. The topological polar surface area (TPSA) is 98.2 Å². The highest BCUT2D eigenvalue weighted by Crippen LogP contribution is 2.36. The number of amides is 2. The van der Waals surface area contributed by atoms with Crippen molar-refractivity contribution in [2.24, 2.45) is 11.0 Å². The third-order valence-corrected chi connectivity index (χ3v) is 5.12. The van der Waals surface area contributed by atoms with E-state index in [2.05, 4.69) is 38.7 Å². The van der Waals surface area contributed by atoms with E-state index in [1.165, 1.54) is 13.1 Å². The molecule has 0 saturated heterocycles. The van der Waals surface area contributed by atoms with E-state index in [-0.39, 0.29) is 0 Å². The number of unbranched alkanes of at least 4 members (excludes halogenated alkanes) is 1. The summed E-state index contributed by atoms with van der Waals surface area (Å²) in [4.78, 5) is 24.6. The quantitative estimate of drug-likeness (QED) is 0.204. The molecule has 172 valence electrons. The van der Waals surface area contributed by atoms with Crippen molar-refractivity contribution in [3.8, 4) is 17.2 Å². The van der Waals surface area contributed by atoms with E-state index in [1.807, 2.05) is 0 Å². The van der Waals surface area contributed by atoms with Gasteiger partial charge in [0.2, 0.25) is 5.91 Å². The number of nitrogens with one attached hydrogen (secondary N) is 2. The van der Waals surface area contributed by atoms with Gasteiger partial charge < -0.3 is 19.5 Å². The van der Waals surface area contributed by atoms with Crippen molar-refractivity contribution in [2.45, 2.75) is 26.7 Å². The zero-order valence-electron chi connectivity index (χ0n) is 18.6. The van der Waals surface area contributed by atoms with Gasteiger partial charge in [-0.15, -0.1) is 0 Å². The Morgan fingerprint density at radius 3 is 2.47 bits per heavy atom. The van der Waals surface area contributed by atoms with Gasteiger partial charge in [0.1, 0.15) is 11.7 Å². The third kappa shape index (κ3) is 7.26. The number of benzene rings is 2. The number of methoxy groups -OCH3 is 2. The average molecular weight is 506 g/mol. The van der Waals surface area contributed by atoms with Crippen LogP contribution in [-0.4, -0.2) is 38.9 Å². The maximum atomic E-state index is 12.3. The van der Waals surface area contributed by atoms with E-state index >= 15 is 0 Å². The first-order valence-electron chi connectivity index (χ1n) is 10.2. The van der Waals surface area contributed by atoms with Gasteiger partial charge in [-0.05, 0) is 71.2 Å². The second kappa shape index (κ2) is 12.7. The summed E-state index contributed by atoms with van der Waals surface area (Å²) in [6.45, 7) is 4.18. The molecule has 0 aliphatic heterocycles. The molecule has 0 bridgehead atoms. The Balaban J connectivity index is 1.96. The third-order valence-electron chi connectivity index (χ3n) is 4.53. The Morgan fingerprint density at radius 2 is 1.84 bits per heavy atom. The molecule has 0 saturated carbocycles. The summed E-state index contributed by atoms with van der Waals surface area (Å²) in [5.41, 5.74) is 3.65. The van der Waals surface area contributed by atoms with Crippen LogP contribution in [0.25, 0.3) is 0 Å². The molecule has 1 unspecified atom stereocenters. The maximum absolute atomic E-state index is 12.3. The summed E-state index contributed by atoms with van der Waals surface area (Å²) >= 11 is 3.48. The van der Waals surface area contributed by atoms with E-state index < -0.39 is 17.7 Å². The van der Waals surface area contributed by atoms with Crippen LogP contribution in [0.3, 0.4) is 0 Å². The first-order chi connectivity index (χ1) is 15.4. The zero-order valence-corrected chi connectivity index (χ0v) is 20.2. The predicted octanol–water partition coefficient (Wildman–Crippen LogP) is 4.37. The highest BCUT2D eigenvalue weighted by atomic mass is 79.9. The van der Waals surface area contributed by atoms with Gasteiger partial charge in [0, 0.05) is 5.69 Å². The molecule has 0 fully saturated rings. The second-order valence-electron chi connectivity index (χ2n) is 6.91. The molecule has 2 rings (SSSR count). The number of rotatable bonds is 11. The molecule has 0 aliphatic carbocycles. The van der Waals surface area contributed by atoms with E-state index in [9.17, 15) is 9.59 Å². The summed E-state index contributed by atoms with van der Waals surface area (Å²) in [5.74, 6) is -0.0723. The van der Waals surface area contributed by atoms with Crippen molar-refractivity contribution in [3.05, 3.63) is 46.4 Å². The molecule has 32 heavy (non-hydrogen) atoms. The molecule has 0 radical (unpaired) electrons. The number of carbonyl (C=O) groups excluding carboxylic acids is 2. The average Bonchev–Trinajstić information content (AvgIpc) is 2.80. The molecule has 2 aromatic rings. The summed E-state index contributed by atoms with van der Waals surface area (Å²) in [7, 11) is 3.12. The lowest BCUT2D eigenvalue weighted by Gasteiger charge is -2.13. The normalized spacial score (nSPS) is 11.7. The van der Waals surface area contributed by atoms with Crippen molar-refractivity contribution in [2.75, 3.05) is 26.1 Å². The fourth-order valence-corrected chi connectivity index (χ4v) is 3.16. The number of nitrogens with zero attached hydrogens (tertiary/aromatic N) is 1. The minimum absolute atomic E-state index is 0.444. The molecule has 1 atom stereocenters. The molecular formula is C23H28BrN3O5. The minimum Gasteiger partial charge on any atom is -0.497 e. The van der Waals surface area contributed by atoms with Gasteiger partial charge in [0.05, 0.1) is 31.5 Å². The van der Waals surface area contributed by atoms with Crippen molar-refractivity contribution >= 4 is 39.6 Å². The van der Waals surface area contributed by atoms with Gasteiger partial charge in [-0.1, -0.05) is 13.3 Å². The molecule has 9 heteroatoms. The van der Waals surface area contributed by atoms with Crippen LogP contribution in [0.1, 0.15) is 32.3 Å². The Kier molecular flexibility index (Phi) is 10.0. The maximum Gasteiger partial charge on any atom is 0.252 e. The van der Waals surface area contributed by atoms with Gasteiger partial charge in [0.15, 0.2) is 11.5 Å². The number of ether oxygens (including phenoxy) is 3.